The second-order valence-electron chi connectivity index (χ2n) is 6.67. The molecule has 8 heteroatoms. The molecule has 7 nitrogen and oxygen atoms in total. The van der Waals surface area contributed by atoms with Crippen LogP contribution in [0.5, 0.6) is 0 Å². The first kappa shape index (κ1) is 20.2. The van der Waals surface area contributed by atoms with Gasteiger partial charge in [-0.15, -0.1) is 11.3 Å². The zero-order chi connectivity index (χ0) is 21.6. The fourth-order valence-corrected chi connectivity index (χ4v) is 3.58. The average Bonchev–Trinajstić information content (AvgIpc) is 3.43. The van der Waals surface area contributed by atoms with Crippen molar-refractivity contribution in [2.24, 2.45) is 0 Å². The van der Waals surface area contributed by atoms with Crippen LogP contribution in [0.4, 0.5) is 10.8 Å². The highest BCUT2D eigenvalue weighted by molar-refractivity contribution is 7.14. The molecule has 0 bridgehead atoms. The molecule has 4 aromatic rings. The molecule has 0 atom stereocenters. The minimum atomic E-state index is -0.269. The summed E-state index contributed by atoms with van der Waals surface area (Å²) in [6.07, 6.45) is 6.71. The Labute approximate surface area is 183 Å². The van der Waals surface area contributed by atoms with Crippen LogP contribution in [0.3, 0.4) is 0 Å². The van der Waals surface area contributed by atoms with E-state index in [1.54, 1.807) is 17.0 Å². The van der Waals surface area contributed by atoms with Crippen LogP contribution in [-0.4, -0.2) is 26.6 Å². The highest BCUT2D eigenvalue weighted by Gasteiger charge is 2.07. The fraction of sp³-hybridized carbons (Fsp3) is 0.0435. The van der Waals surface area contributed by atoms with Gasteiger partial charge in [0.05, 0.1) is 17.6 Å². The SMILES string of the molecule is CC(=O)Nc1ccc(-c2csc(NC(=O)/C=C/c3cnn(-c4ccccc4)c3)n2)cc1. The molecule has 2 heterocycles. The summed E-state index contributed by atoms with van der Waals surface area (Å²) in [6, 6.07) is 17.1. The summed E-state index contributed by atoms with van der Waals surface area (Å²) in [4.78, 5) is 27.8. The molecule has 154 valence electrons. The zero-order valence-corrected chi connectivity index (χ0v) is 17.5. The van der Waals surface area contributed by atoms with Crippen LogP contribution in [-0.2, 0) is 9.59 Å². The summed E-state index contributed by atoms with van der Waals surface area (Å²) in [5, 5.41) is 12.2. The van der Waals surface area contributed by atoms with Gasteiger partial charge in [0.25, 0.3) is 0 Å². The van der Waals surface area contributed by atoms with E-state index in [4.69, 9.17) is 0 Å². The minimum absolute atomic E-state index is 0.119. The van der Waals surface area contributed by atoms with Crippen LogP contribution in [0, 0.1) is 0 Å². The first-order valence-corrected chi connectivity index (χ1v) is 10.4. The average molecular weight is 430 g/mol. The van der Waals surface area contributed by atoms with Crippen molar-refractivity contribution in [1.29, 1.82) is 0 Å². The second-order valence-corrected chi connectivity index (χ2v) is 7.53. The van der Waals surface area contributed by atoms with E-state index < -0.39 is 0 Å². The first-order chi connectivity index (χ1) is 15.1. The lowest BCUT2D eigenvalue weighted by Gasteiger charge is -2.02. The van der Waals surface area contributed by atoms with Crippen LogP contribution in [0.25, 0.3) is 23.0 Å². The Hall–Kier alpha value is -4.04. The number of amides is 2. The van der Waals surface area contributed by atoms with Gasteiger partial charge in [0.15, 0.2) is 5.13 Å². The number of benzene rings is 2. The molecule has 0 aliphatic carbocycles. The molecule has 0 aliphatic rings. The van der Waals surface area contributed by atoms with E-state index >= 15 is 0 Å². The maximum absolute atomic E-state index is 12.3. The number of nitrogens with one attached hydrogen (secondary N) is 2. The van der Waals surface area contributed by atoms with Gasteiger partial charge >= 0.3 is 0 Å². The highest BCUT2D eigenvalue weighted by Crippen LogP contribution is 2.26. The molecule has 2 aromatic carbocycles. The van der Waals surface area contributed by atoms with Gasteiger partial charge in [0, 0.05) is 41.4 Å². The molecule has 0 aliphatic heterocycles. The van der Waals surface area contributed by atoms with Gasteiger partial charge in [-0.1, -0.05) is 30.3 Å². The van der Waals surface area contributed by atoms with E-state index in [9.17, 15) is 9.59 Å². The highest BCUT2D eigenvalue weighted by atomic mass is 32.1. The molecule has 0 radical (unpaired) electrons. The number of carbonyl (C=O) groups excluding carboxylic acids is 2. The molecule has 31 heavy (non-hydrogen) atoms. The van der Waals surface area contributed by atoms with Gasteiger partial charge in [0.2, 0.25) is 11.8 Å². The zero-order valence-electron chi connectivity index (χ0n) is 16.6. The number of para-hydroxylation sites is 1. The predicted molar refractivity (Wildman–Crippen MR) is 123 cm³/mol. The number of carbonyl (C=O) groups is 2. The molecule has 0 spiro atoms. The van der Waals surface area contributed by atoms with Crippen molar-refractivity contribution in [2.45, 2.75) is 6.92 Å². The molecule has 2 N–H and O–H groups in total. The molecule has 0 saturated carbocycles. The van der Waals surface area contributed by atoms with E-state index in [1.165, 1.54) is 24.3 Å². The maximum atomic E-state index is 12.3. The fourth-order valence-electron chi connectivity index (χ4n) is 2.86. The molecule has 2 amide bonds. The lowest BCUT2D eigenvalue weighted by Crippen LogP contribution is -2.07. The first-order valence-electron chi connectivity index (χ1n) is 9.49. The van der Waals surface area contributed by atoms with Crippen molar-refractivity contribution in [2.75, 3.05) is 10.6 Å². The van der Waals surface area contributed by atoms with Crippen LogP contribution in [0.2, 0.25) is 0 Å². The van der Waals surface area contributed by atoms with Crippen LogP contribution >= 0.6 is 11.3 Å². The number of hydrogen-bond acceptors (Lipinski definition) is 5. The Morgan fingerprint density at radius 3 is 2.55 bits per heavy atom. The summed E-state index contributed by atoms with van der Waals surface area (Å²) < 4.78 is 1.75. The Balaban J connectivity index is 1.37. The normalized spacial score (nSPS) is 10.9. The van der Waals surface area contributed by atoms with Crippen LogP contribution in [0.1, 0.15) is 12.5 Å². The van der Waals surface area contributed by atoms with Gasteiger partial charge < -0.3 is 5.32 Å². The smallest absolute Gasteiger partial charge is 0.250 e. The van der Waals surface area contributed by atoms with Gasteiger partial charge in [0.1, 0.15) is 0 Å². The van der Waals surface area contributed by atoms with Gasteiger partial charge in [-0.2, -0.15) is 5.10 Å². The third kappa shape index (κ3) is 5.31. The van der Waals surface area contributed by atoms with Gasteiger partial charge in [-0.05, 0) is 30.3 Å². The second kappa shape index (κ2) is 9.19. The topological polar surface area (TPSA) is 88.9 Å². The number of nitrogens with zero attached hydrogens (tertiary/aromatic N) is 3. The number of aromatic nitrogens is 3. The number of rotatable bonds is 6. The van der Waals surface area contributed by atoms with E-state index in [0.29, 0.717) is 5.13 Å². The van der Waals surface area contributed by atoms with Crippen LogP contribution in [0.15, 0.2) is 78.4 Å². The summed E-state index contributed by atoms with van der Waals surface area (Å²) in [5.41, 5.74) is 4.14. The summed E-state index contributed by atoms with van der Waals surface area (Å²) in [6.45, 7) is 1.47. The Morgan fingerprint density at radius 1 is 1.03 bits per heavy atom. The summed E-state index contributed by atoms with van der Waals surface area (Å²) in [5.74, 6) is -0.388. The molecular weight excluding hydrogens is 410 g/mol. The molecule has 0 unspecified atom stereocenters. The van der Waals surface area contributed by atoms with Crippen molar-refractivity contribution in [3.8, 4) is 16.9 Å². The summed E-state index contributed by atoms with van der Waals surface area (Å²) >= 11 is 1.35. The third-order valence-electron chi connectivity index (χ3n) is 4.29. The molecule has 0 fully saturated rings. The Kier molecular flexibility index (Phi) is 6.00. The van der Waals surface area contributed by atoms with Crippen molar-refractivity contribution in [3.63, 3.8) is 0 Å². The quantitative estimate of drug-likeness (QED) is 0.438. The lowest BCUT2D eigenvalue weighted by molar-refractivity contribution is -0.114. The van der Waals surface area contributed by atoms with Crippen molar-refractivity contribution < 1.29 is 9.59 Å². The van der Waals surface area contributed by atoms with E-state index in [0.717, 1.165) is 28.2 Å². The standard InChI is InChI=1S/C23H19N5O2S/c1-16(29)25-19-10-8-18(9-11-19)21-15-31-23(26-21)27-22(30)12-7-17-13-24-28(14-17)20-5-3-2-4-6-20/h2-15H,1H3,(H,25,29)(H,26,27,30)/b12-7+. The summed E-state index contributed by atoms with van der Waals surface area (Å²) in [7, 11) is 0. The molecule has 0 saturated heterocycles. The number of hydrogen-bond donors (Lipinski definition) is 2. The Morgan fingerprint density at radius 2 is 1.81 bits per heavy atom. The van der Waals surface area contributed by atoms with Gasteiger partial charge in [-0.3, -0.25) is 14.9 Å². The van der Waals surface area contributed by atoms with E-state index in [1.807, 2.05) is 66.2 Å². The van der Waals surface area contributed by atoms with Crippen molar-refractivity contribution in [3.05, 3.63) is 84.0 Å². The molecule has 2 aromatic heterocycles. The minimum Gasteiger partial charge on any atom is -0.326 e. The van der Waals surface area contributed by atoms with Gasteiger partial charge in [-0.25, -0.2) is 9.67 Å². The lowest BCUT2D eigenvalue weighted by atomic mass is 10.1. The Bertz CT molecular complexity index is 1230. The van der Waals surface area contributed by atoms with Crippen molar-refractivity contribution >= 4 is 40.0 Å². The van der Waals surface area contributed by atoms with Crippen LogP contribution < -0.4 is 10.6 Å². The van der Waals surface area contributed by atoms with E-state index in [2.05, 4.69) is 20.7 Å². The third-order valence-corrected chi connectivity index (χ3v) is 5.04. The monoisotopic (exact) mass is 429 g/mol. The number of thiazole rings is 1. The van der Waals surface area contributed by atoms with E-state index in [-0.39, 0.29) is 11.8 Å². The molecule has 4 rings (SSSR count). The maximum Gasteiger partial charge on any atom is 0.250 e. The number of anilines is 2. The predicted octanol–water partition coefficient (Wildman–Crippen LogP) is 4.61. The molecular formula is C23H19N5O2S. The van der Waals surface area contributed by atoms with Crippen molar-refractivity contribution in [1.82, 2.24) is 14.8 Å². The largest absolute Gasteiger partial charge is 0.326 e.